The van der Waals surface area contributed by atoms with Crippen molar-refractivity contribution in [3.63, 3.8) is 0 Å². The molecule has 1 aliphatic heterocycles. The van der Waals surface area contributed by atoms with Crippen molar-refractivity contribution in [3.8, 4) is 11.3 Å². The minimum Gasteiger partial charge on any atom is -0.452 e. The van der Waals surface area contributed by atoms with Crippen molar-refractivity contribution in [1.82, 2.24) is 9.97 Å². The normalized spacial score (nSPS) is 22.8. The van der Waals surface area contributed by atoms with Crippen LogP contribution in [0.3, 0.4) is 0 Å². The number of thioether (sulfide) groups is 1. The van der Waals surface area contributed by atoms with Gasteiger partial charge in [0.05, 0.1) is 15.9 Å². The van der Waals surface area contributed by atoms with Crippen molar-refractivity contribution in [1.29, 1.82) is 0 Å². The predicted octanol–water partition coefficient (Wildman–Crippen LogP) is 3.62. The van der Waals surface area contributed by atoms with Crippen LogP contribution in [-0.2, 0) is 15.5 Å². The molecule has 2 atom stereocenters. The van der Waals surface area contributed by atoms with Crippen molar-refractivity contribution >= 4 is 41.3 Å². The van der Waals surface area contributed by atoms with Gasteiger partial charge < -0.3 is 15.0 Å². The molecular weight excluding hydrogens is 393 g/mol. The fraction of sp³-hybridized carbons (Fsp3) is 0.250. The lowest BCUT2D eigenvalue weighted by Gasteiger charge is -2.22. The van der Waals surface area contributed by atoms with Crippen LogP contribution >= 0.6 is 30.7 Å². The summed E-state index contributed by atoms with van der Waals surface area (Å²) in [4.78, 5) is 18.9. The lowest BCUT2D eigenvalue weighted by molar-refractivity contribution is 0.164. The molecule has 0 radical (unpaired) electrons. The number of aryl methyl sites for hydroxylation is 1. The van der Waals surface area contributed by atoms with Crippen molar-refractivity contribution in [2.24, 2.45) is 0 Å². The van der Waals surface area contributed by atoms with Crippen molar-refractivity contribution in [3.05, 3.63) is 41.9 Å². The van der Waals surface area contributed by atoms with Gasteiger partial charge in [0.1, 0.15) is 11.5 Å². The van der Waals surface area contributed by atoms with Crippen molar-refractivity contribution in [2.75, 3.05) is 12.0 Å². The molecule has 2 bridgehead atoms. The van der Waals surface area contributed by atoms with E-state index in [2.05, 4.69) is 9.97 Å². The third-order valence-corrected chi connectivity index (χ3v) is 7.45. The molecule has 10 heteroatoms. The minimum absolute atomic E-state index is 0.0770. The number of aromatic nitrogens is 2. The second kappa shape index (κ2) is 6.83. The van der Waals surface area contributed by atoms with Gasteiger partial charge in [-0.1, -0.05) is 11.3 Å². The Bertz CT molecular complexity index is 989. The largest absolute Gasteiger partial charge is 0.452 e. The first kappa shape index (κ1) is 17.8. The van der Waals surface area contributed by atoms with E-state index in [1.807, 2.05) is 6.26 Å². The fourth-order valence-electron chi connectivity index (χ4n) is 2.92. The van der Waals surface area contributed by atoms with E-state index in [1.165, 1.54) is 23.1 Å². The van der Waals surface area contributed by atoms with E-state index in [0.717, 1.165) is 9.77 Å². The molecule has 26 heavy (non-hydrogen) atoms. The molecule has 0 aliphatic carbocycles. The molecular formula is C16H16N3O4PS2. The maximum absolute atomic E-state index is 13.0. The molecule has 1 aliphatic rings. The van der Waals surface area contributed by atoms with Crippen LogP contribution in [0, 0.1) is 0 Å². The van der Waals surface area contributed by atoms with Crippen LogP contribution in [0.2, 0.25) is 0 Å². The Hall–Kier alpha value is -1.64. The summed E-state index contributed by atoms with van der Waals surface area (Å²) in [5.41, 5.74) is 7.59. The van der Waals surface area contributed by atoms with Crippen LogP contribution in [0.1, 0.15) is 23.8 Å². The maximum Gasteiger partial charge on any atom is 0.395 e. The number of nitrogens with zero attached hydrogens (tertiary/aromatic N) is 2. The number of hydrogen-bond donors (Lipinski definition) is 2. The average Bonchev–Trinajstić information content (AvgIpc) is 3.22. The Morgan fingerprint density at radius 1 is 1.42 bits per heavy atom. The fourth-order valence-corrected chi connectivity index (χ4v) is 5.81. The lowest BCUT2D eigenvalue weighted by Crippen LogP contribution is -2.14. The van der Waals surface area contributed by atoms with Crippen LogP contribution < -0.4 is 11.2 Å². The Labute approximate surface area is 158 Å². The number of furan rings is 1. The zero-order valence-corrected chi connectivity index (χ0v) is 16.3. The number of nitrogen functional groups attached to an aromatic ring is 1. The quantitative estimate of drug-likeness (QED) is 0.498. The van der Waals surface area contributed by atoms with E-state index in [9.17, 15) is 9.46 Å². The molecule has 0 saturated heterocycles. The number of nitrogens with two attached hydrogens (primary N) is 1. The number of thiazole rings is 1. The van der Waals surface area contributed by atoms with Gasteiger partial charge in [0, 0.05) is 18.8 Å². The van der Waals surface area contributed by atoms with Crippen molar-refractivity contribution in [2.45, 2.75) is 23.2 Å². The first-order valence-electron chi connectivity index (χ1n) is 7.83. The first-order valence-corrected chi connectivity index (χ1v) is 11.4. The smallest absolute Gasteiger partial charge is 0.395 e. The third-order valence-electron chi connectivity index (χ3n) is 4.07. The molecule has 4 rings (SSSR count). The number of pyridine rings is 1. The Morgan fingerprint density at radius 3 is 2.92 bits per heavy atom. The van der Waals surface area contributed by atoms with E-state index in [0.29, 0.717) is 35.0 Å². The topological polar surface area (TPSA) is 111 Å². The molecule has 136 valence electrons. The summed E-state index contributed by atoms with van der Waals surface area (Å²) in [6.07, 6.45) is 5.76. The Kier molecular flexibility index (Phi) is 4.66. The molecule has 2 unspecified atom stereocenters. The van der Waals surface area contributed by atoms with Crippen molar-refractivity contribution < 1.29 is 18.4 Å². The summed E-state index contributed by atoms with van der Waals surface area (Å²) < 4.78 is 25.2. The van der Waals surface area contributed by atoms with Gasteiger partial charge in [0.25, 0.3) is 0 Å². The van der Waals surface area contributed by atoms with Gasteiger partial charge in [-0.25, -0.2) is 4.98 Å². The number of hydrogen-bond acceptors (Lipinski definition) is 8. The molecule has 7 nitrogen and oxygen atoms in total. The highest BCUT2D eigenvalue weighted by molar-refractivity contribution is 8.00. The van der Waals surface area contributed by atoms with Gasteiger partial charge in [0.15, 0.2) is 5.13 Å². The van der Waals surface area contributed by atoms with E-state index in [-0.39, 0.29) is 5.50 Å². The van der Waals surface area contributed by atoms with E-state index in [4.69, 9.17) is 14.7 Å². The summed E-state index contributed by atoms with van der Waals surface area (Å²) in [7, 11) is -4.19. The average molecular weight is 409 g/mol. The molecule has 0 fully saturated rings. The summed E-state index contributed by atoms with van der Waals surface area (Å²) in [6.45, 7) is 0. The minimum atomic E-state index is -4.19. The van der Waals surface area contributed by atoms with Gasteiger partial charge in [-0.15, -0.1) is 11.8 Å². The third kappa shape index (κ3) is 3.21. The van der Waals surface area contributed by atoms with Gasteiger partial charge in [-0.3, -0.25) is 14.1 Å². The highest BCUT2D eigenvalue weighted by Gasteiger charge is 2.38. The molecule has 0 amide bonds. The zero-order valence-electron chi connectivity index (χ0n) is 13.8. The lowest BCUT2D eigenvalue weighted by atomic mass is 10.1. The van der Waals surface area contributed by atoms with Gasteiger partial charge in [-0.05, 0) is 36.4 Å². The zero-order chi connectivity index (χ0) is 18.3. The number of fused-ring (bicyclic) bond motifs is 2. The van der Waals surface area contributed by atoms with E-state index in [1.54, 1.807) is 30.6 Å². The highest BCUT2D eigenvalue weighted by Crippen LogP contribution is 2.52. The van der Waals surface area contributed by atoms with Gasteiger partial charge in [0.2, 0.25) is 5.50 Å². The standard InChI is InChI=1S/C16H16N3O4PS2/c1-25-15-13(19-16(17)26-15)11-8-10-2-3-12(9-4-6-18-7-5-9)23-24(20,21)14(11)22-10/h4-8,12H,2-3H2,1H3,(H2,17,19)(H,20,21). The SMILES string of the molecule is CSc1sc(N)nc1-c1cc2oc1P(=O)(O)OC(c1ccncc1)CC2. The molecule has 4 heterocycles. The molecule has 0 saturated carbocycles. The van der Waals surface area contributed by atoms with Crippen LogP contribution in [0.5, 0.6) is 0 Å². The predicted molar refractivity (Wildman–Crippen MR) is 102 cm³/mol. The number of rotatable bonds is 3. The Morgan fingerprint density at radius 2 is 2.19 bits per heavy atom. The second-order valence-corrected chi connectivity index (χ2v) is 9.52. The monoisotopic (exact) mass is 409 g/mol. The molecule has 0 spiro atoms. The Balaban J connectivity index is 1.78. The van der Waals surface area contributed by atoms with E-state index < -0.39 is 13.7 Å². The molecule has 3 aromatic rings. The first-order chi connectivity index (χ1) is 12.5. The summed E-state index contributed by atoms with van der Waals surface area (Å²) in [5, 5.41) is 0.399. The molecule has 3 N–H and O–H groups in total. The van der Waals surface area contributed by atoms with E-state index >= 15 is 0 Å². The molecule has 0 aromatic carbocycles. The van der Waals surface area contributed by atoms with Crippen LogP contribution in [-0.4, -0.2) is 21.1 Å². The second-order valence-electron chi connectivity index (χ2n) is 5.76. The molecule has 3 aromatic heterocycles. The van der Waals surface area contributed by atoms with Gasteiger partial charge >= 0.3 is 7.60 Å². The maximum atomic E-state index is 13.0. The van der Waals surface area contributed by atoms with Gasteiger partial charge in [-0.2, -0.15) is 0 Å². The summed E-state index contributed by atoms with van der Waals surface area (Å²) in [5.74, 6) is 0.630. The number of anilines is 1. The highest BCUT2D eigenvalue weighted by atomic mass is 32.2. The summed E-state index contributed by atoms with van der Waals surface area (Å²) >= 11 is 2.82. The van der Waals surface area contributed by atoms with Crippen LogP contribution in [0.15, 0.2) is 39.2 Å². The van der Waals surface area contributed by atoms with Crippen LogP contribution in [0.4, 0.5) is 5.13 Å². The summed E-state index contributed by atoms with van der Waals surface area (Å²) in [6, 6.07) is 5.34. The van der Waals surface area contributed by atoms with Crippen LogP contribution in [0.25, 0.3) is 11.3 Å².